The van der Waals surface area contributed by atoms with Gasteiger partial charge in [-0.15, -0.1) is 0 Å². The zero-order chi connectivity index (χ0) is 27.4. The van der Waals surface area contributed by atoms with Crippen molar-refractivity contribution in [3.8, 4) is 0 Å². The van der Waals surface area contributed by atoms with Crippen molar-refractivity contribution in [1.82, 2.24) is 5.32 Å². The van der Waals surface area contributed by atoms with Crippen molar-refractivity contribution in [3.05, 3.63) is 12.2 Å². The summed E-state index contributed by atoms with van der Waals surface area (Å²) < 4.78 is 0. The summed E-state index contributed by atoms with van der Waals surface area (Å²) in [5.41, 5.74) is 0. The zero-order valence-corrected chi connectivity index (χ0v) is 24.6. The molecule has 5 nitrogen and oxygen atoms in total. The van der Waals surface area contributed by atoms with Crippen LogP contribution in [0.2, 0.25) is 0 Å². The molecule has 0 aliphatic heterocycles. The van der Waals surface area contributed by atoms with Gasteiger partial charge in [0.2, 0.25) is 5.91 Å². The SMILES string of the molecule is CCCCCC/C=C\CC(O)CC(=O)NC(CO)C(O)CCCCCCCCCCCCCCCCC. The van der Waals surface area contributed by atoms with E-state index in [1.54, 1.807) is 0 Å². The van der Waals surface area contributed by atoms with Gasteiger partial charge < -0.3 is 20.6 Å². The van der Waals surface area contributed by atoms with Crippen molar-refractivity contribution in [2.24, 2.45) is 0 Å². The highest BCUT2D eigenvalue weighted by atomic mass is 16.3. The summed E-state index contributed by atoms with van der Waals surface area (Å²) in [7, 11) is 0. The van der Waals surface area contributed by atoms with Gasteiger partial charge in [0, 0.05) is 0 Å². The van der Waals surface area contributed by atoms with Gasteiger partial charge in [0.25, 0.3) is 0 Å². The molecule has 0 aromatic rings. The summed E-state index contributed by atoms with van der Waals surface area (Å²) in [5.74, 6) is -0.321. The summed E-state index contributed by atoms with van der Waals surface area (Å²) in [4.78, 5) is 12.2. The van der Waals surface area contributed by atoms with Crippen LogP contribution in [0.4, 0.5) is 0 Å². The highest BCUT2D eigenvalue weighted by Crippen LogP contribution is 2.15. The molecule has 4 N–H and O–H groups in total. The average molecular weight is 526 g/mol. The number of hydrogen-bond acceptors (Lipinski definition) is 4. The second-order valence-electron chi connectivity index (χ2n) is 11.1. The molecule has 0 spiro atoms. The van der Waals surface area contributed by atoms with Crippen LogP contribution in [0, 0.1) is 0 Å². The minimum atomic E-state index is -0.754. The Balaban J connectivity index is 3.72. The van der Waals surface area contributed by atoms with E-state index in [9.17, 15) is 20.1 Å². The van der Waals surface area contributed by atoms with E-state index in [0.29, 0.717) is 12.8 Å². The molecule has 3 unspecified atom stereocenters. The quantitative estimate of drug-likeness (QED) is 0.0621. The number of aliphatic hydroxyl groups is 3. The first-order valence-corrected chi connectivity index (χ1v) is 16.0. The number of amides is 1. The lowest BCUT2D eigenvalue weighted by molar-refractivity contribution is -0.125. The standard InChI is InChI=1S/C32H63NO4/c1-3-5-7-9-11-12-13-14-15-16-17-18-20-22-24-26-31(36)30(28-34)33-32(37)27-29(35)25-23-21-19-10-8-6-4-2/h21,23,29-31,34-36H,3-20,22,24-28H2,1-2H3,(H,33,37)/b23-21-. The largest absolute Gasteiger partial charge is 0.394 e. The maximum absolute atomic E-state index is 12.2. The molecule has 37 heavy (non-hydrogen) atoms. The number of hydrogen-bond donors (Lipinski definition) is 4. The van der Waals surface area contributed by atoms with Crippen LogP contribution in [0.3, 0.4) is 0 Å². The van der Waals surface area contributed by atoms with E-state index in [-0.39, 0.29) is 18.9 Å². The molecular formula is C32H63NO4. The van der Waals surface area contributed by atoms with E-state index in [1.165, 1.54) is 103 Å². The fraction of sp³-hybridized carbons (Fsp3) is 0.906. The van der Waals surface area contributed by atoms with Crippen molar-refractivity contribution in [1.29, 1.82) is 0 Å². The molecule has 0 aromatic heterocycles. The van der Waals surface area contributed by atoms with Gasteiger partial charge in [-0.2, -0.15) is 0 Å². The third-order valence-electron chi connectivity index (χ3n) is 7.33. The van der Waals surface area contributed by atoms with Crippen LogP contribution in [-0.4, -0.2) is 46.1 Å². The first-order valence-electron chi connectivity index (χ1n) is 16.0. The number of unbranched alkanes of at least 4 members (excludes halogenated alkanes) is 18. The minimum absolute atomic E-state index is 0.0116. The van der Waals surface area contributed by atoms with Gasteiger partial charge in [-0.3, -0.25) is 4.79 Å². The van der Waals surface area contributed by atoms with Crippen LogP contribution in [0.25, 0.3) is 0 Å². The van der Waals surface area contributed by atoms with Crippen LogP contribution < -0.4 is 5.32 Å². The van der Waals surface area contributed by atoms with E-state index in [2.05, 4.69) is 25.2 Å². The molecule has 0 saturated heterocycles. The van der Waals surface area contributed by atoms with Gasteiger partial charge >= 0.3 is 0 Å². The van der Waals surface area contributed by atoms with E-state index in [0.717, 1.165) is 25.7 Å². The fourth-order valence-corrected chi connectivity index (χ4v) is 4.81. The second kappa shape index (κ2) is 28.1. The van der Waals surface area contributed by atoms with Crippen LogP contribution >= 0.6 is 0 Å². The highest BCUT2D eigenvalue weighted by molar-refractivity contribution is 5.76. The smallest absolute Gasteiger partial charge is 0.222 e. The molecule has 1 amide bonds. The molecule has 0 radical (unpaired) electrons. The van der Waals surface area contributed by atoms with E-state index >= 15 is 0 Å². The predicted octanol–water partition coefficient (Wildman–Crippen LogP) is 7.75. The summed E-state index contributed by atoms with van der Waals surface area (Å²) in [6.45, 7) is 4.17. The molecule has 5 heteroatoms. The highest BCUT2D eigenvalue weighted by Gasteiger charge is 2.21. The van der Waals surface area contributed by atoms with E-state index < -0.39 is 18.2 Å². The molecular weight excluding hydrogens is 462 g/mol. The Kier molecular flexibility index (Phi) is 27.4. The lowest BCUT2D eigenvalue weighted by atomic mass is 10.0. The summed E-state index contributed by atoms with van der Waals surface area (Å²) in [5, 5.41) is 32.8. The van der Waals surface area contributed by atoms with Crippen LogP contribution in [0.1, 0.15) is 162 Å². The monoisotopic (exact) mass is 525 g/mol. The molecule has 0 aromatic carbocycles. The van der Waals surface area contributed by atoms with Crippen molar-refractivity contribution in [2.45, 2.75) is 180 Å². The Labute approximate surface area is 229 Å². The molecule has 3 atom stereocenters. The van der Waals surface area contributed by atoms with Gasteiger partial charge in [0.1, 0.15) is 0 Å². The lowest BCUT2D eigenvalue weighted by Crippen LogP contribution is -2.46. The third-order valence-corrected chi connectivity index (χ3v) is 7.33. The molecule has 220 valence electrons. The fourth-order valence-electron chi connectivity index (χ4n) is 4.81. The maximum Gasteiger partial charge on any atom is 0.222 e. The number of carbonyl (C=O) groups is 1. The van der Waals surface area contributed by atoms with Crippen molar-refractivity contribution in [2.75, 3.05) is 6.61 Å². The van der Waals surface area contributed by atoms with Crippen molar-refractivity contribution < 1.29 is 20.1 Å². The molecule has 0 bridgehead atoms. The molecule has 0 fully saturated rings. The normalized spacial score (nSPS) is 14.2. The summed E-state index contributed by atoms with van der Waals surface area (Å²) in [6, 6.07) is -0.666. The number of allylic oxidation sites excluding steroid dienone is 1. The Bertz CT molecular complexity index is 511. The van der Waals surface area contributed by atoms with E-state index in [1.807, 2.05) is 6.08 Å². The van der Waals surface area contributed by atoms with Gasteiger partial charge in [0.15, 0.2) is 0 Å². The predicted molar refractivity (Wildman–Crippen MR) is 158 cm³/mol. The van der Waals surface area contributed by atoms with Crippen LogP contribution in [0.15, 0.2) is 12.2 Å². The van der Waals surface area contributed by atoms with Crippen LogP contribution in [0.5, 0.6) is 0 Å². The maximum atomic E-state index is 12.2. The van der Waals surface area contributed by atoms with Gasteiger partial charge in [-0.05, 0) is 25.7 Å². The number of carbonyl (C=O) groups excluding carboxylic acids is 1. The number of nitrogens with one attached hydrogen (secondary N) is 1. The summed E-state index contributed by atoms with van der Waals surface area (Å²) >= 11 is 0. The molecule has 0 aliphatic carbocycles. The van der Waals surface area contributed by atoms with Crippen LogP contribution in [-0.2, 0) is 4.79 Å². The lowest BCUT2D eigenvalue weighted by Gasteiger charge is -2.23. The van der Waals surface area contributed by atoms with Crippen molar-refractivity contribution >= 4 is 5.91 Å². The summed E-state index contributed by atoms with van der Waals surface area (Å²) in [6.07, 6.45) is 28.9. The number of aliphatic hydroxyl groups excluding tert-OH is 3. The van der Waals surface area contributed by atoms with Gasteiger partial charge in [-0.25, -0.2) is 0 Å². The molecule has 0 rings (SSSR count). The van der Waals surface area contributed by atoms with Crippen molar-refractivity contribution in [3.63, 3.8) is 0 Å². The zero-order valence-electron chi connectivity index (χ0n) is 24.6. The topological polar surface area (TPSA) is 89.8 Å². The third kappa shape index (κ3) is 25.1. The second-order valence-corrected chi connectivity index (χ2v) is 11.1. The van der Waals surface area contributed by atoms with Gasteiger partial charge in [-0.1, -0.05) is 142 Å². The Morgan fingerprint density at radius 3 is 1.62 bits per heavy atom. The average Bonchev–Trinajstić information content (AvgIpc) is 2.88. The Morgan fingerprint density at radius 2 is 1.14 bits per heavy atom. The van der Waals surface area contributed by atoms with E-state index in [4.69, 9.17) is 0 Å². The van der Waals surface area contributed by atoms with Gasteiger partial charge in [0.05, 0.1) is 31.3 Å². The Morgan fingerprint density at radius 1 is 0.676 bits per heavy atom. The first-order chi connectivity index (χ1) is 18.0. The minimum Gasteiger partial charge on any atom is -0.394 e. The number of rotatable bonds is 28. The molecule has 0 heterocycles. The Hall–Kier alpha value is -0.910. The molecule has 0 saturated carbocycles. The first kappa shape index (κ1) is 36.1. The molecule has 0 aliphatic rings.